The van der Waals surface area contributed by atoms with Gasteiger partial charge in [-0.1, -0.05) is 34.6 Å². The number of hydrogen-bond acceptors (Lipinski definition) is 4. The second-order valence-corrected chi connectivity index (χ2v) is 15.7. The summed E-state index contributed by atoms with van der Waals surface area (Å²) in [6.07, 6.45) is 0.478. The second kappa shape index (κ2) is 9.16. The molecule has 0 N–H and O–H groups in total. The highest BCUT2D eigenvalue weighted by molar-refractivity contribution is 6.74. The Kier molecular flexibility index (Phi) is 8.16. The summed E-state index contributed by atoms with van der Waals surface area (Å²) >= 11 is 0. The molecule has 0 unspecified atom stereocenters. The lowest BCUT2D eigenvalue weighted by atomic mass is 10.0. The van der Waals surface area contributed by atoms with Crippen LogP contribution in [-0.2, 0) is 14.0 Å². The van der Waals surface area contributed by atoms with Crippen molar-refractivity contribution in [2.24, 2.45) is 5.92 Å². The summed E-state index contributed by atoms with van der Waals surface area (Å²) in [6.45, 7) is 22.6. The first-order valence-electron chi connectivity index (χ1n) is 10.4. The number of carbonyl (C=O) groups excluding carboxylic acids is 2. The van der Waals surface area contributed by atoms with Gasteiger partial charge in [0.2, 0.25) is 5.91 Å². The van der Waals surface area contributed by atoms with Crippen LogP contribution in [0.4, 0.5) is 4.79 Å². The van der Waals surface area contributed by atoms with E-state index < -0.39 is 20.0 Å². The van der Waals surface area contributed by atoms with Crippen LogP contribution >= 0.6 is 0 Å². The zero-order valence-electron chi connectivity index (χ0n) is 19.7. The molecule has 2 amide bonds. The molecule has 0 aromatic carbocycles. The van der Waals surface area contributed by atoms with E-state index in [9.17, 15) is 9.59 Å². The van der Waals surface area contributed by atoms with Crippen molar-refractivity contribution < 1.29 is 18.8 Å². The highest BCUT2D eigenvalue weighted by Crippen LogP contribution is 2.37. The molecular formula is C21H42N2O4Si. The van der Waals surface area contributed by atoms with Crippen molar-refractivity contribution in [2.75, 3.05) is 26.2 Å². The van der Waals surface area contributed by atoms with Crippen LogP contribution in [0.15, 0.2) is 0 Å². The fourth-order valence-corrected chi connectivity index (χ4v) is 3.95. The molecule has 0 saturated carbocycles. The number of carbonyl (C=O) groups is 2. The van der Waals surface area contributed by atoms with Crippen molar-refractivity contribution in [3.63, 3.8) is 0 Å². The Hall–Kier alpha value is -1.08. The highest BCUT2D eigenvalue weighted by atomic mass is 28.4. The fraction of sp³-hybridized carbons (Fsp3) is 0.905. The van der Waals surface area contributed by atoms with Gasteiger partial charge in [0.15, 0.2) is 8.32 Å². The molecule has 0 radical (unpaired) electrons. The Morgan fingerprint density at radius 3 is 2.11 bits per heavy atom. The summed E-state index contributed by atoms with van der Waals surface area (Å²) in [7, 11) is -1.88. The molecular weight excluding hydrogens is 372 g/mol. The summed E-state index contributed by atoms with van der Waals surface area (Å²) in [5.41, 5.74) is -0.561. The van der Waals surface area contributed by atoms with Crippen LogP contribution in [0.1, 0.15) is 61.8 Å². The first-order valence-corrected chi connectivity index (χ1v) is 13.4. The van der Waals surface area contributed by atoms with E-state index in [2.05, 4.69) is 47.7 Å². The van der Waals surface area contributed by atoms with Gasteiger partial charge in [0.05, 0.1) is 12.6 Å². The minimum absolute atomic E-state index is 0.0263. The number of rotatable bonds is 6. The molecule has 0 aromatic heterocycles. The molecule has 1 aliphatic heterocycles. The molecule has 0 bridgehead atoms. The van der Waals surface area contributed by atoms with E-state index in [4.69, 9.17) is 9.16 Å². The van der Waals surface area contributed by atoms with E-state index in [1.165, 1.54) is 4.90 Å². The zero-order chi connectivity index (χ0) is 21.9. The molecule has 7 heteroatoms. The van der Waals surface area contributed by atoms with Gasteiger partial charge in [-0.25, -0.2) is 4.79 Å². The third-order valence-electron chi connectivity index (χ3n) is 5.54. The monoisotopic (exact) mass is 414 g/mol. The van der Waals surface area contributed by atoms with Crippen LogP contribution in [0.25, 0.3) is 0 Å². The van der Waals surface area contributed by atoms with E-state index >= 15 is 0 Å². The number of nitrogens with zero attached hydrogens (tertiary/aromatic N) is 2. The van der Waals surface area contributed by atoms with Gasteiger partial charge >= 0.3 is 6.09 Å². The maximum absolute atomic E-state index is 12.9. The molecule has 1 rings (SSSR count). The van der Waals surface area contributed by atoms with Crippen molar-refractivity contribution in [3.8, 4) is 0 Å². The number of hydrogen-bond donors (Lipinski definition) is 0. The van der Waals surface area contributed by atoms with Gasteiger partial charge < -0.3 is 14.1 Å². The summed E-state index contributed by atoms with van der Waals surface area (Å²) in [6, 6.07) is 0.0439. The van der Waals surface area contributed by atoms with E-state index in [0.29, 0.717) is 25.6 Å². The van der Waals surface area contributed by atoms with E-state index in [1.54, 1.807) is 0 Å². The van der Waals surface area contributed by atoms with Crippen LogP contribution in [0.5, 0.6) is 0 Å². The average Bonchev–Trinajstić information content (AvgIpc) is 2.48. The minimum atomic E-state index is -1.88. The van der Waals surface area contributed by atoms with Crippen LogP contribution in [0.3, 0.4) is 0 Å². The molecule has 0 aromatic rings. The smallest absolute Gasteiger partial charge is 0.410 e. The van der Waals surface area contributed by atoms with Crippen molar-refractivity contribution >= 4 is 20.3 Å². The lowest BCUT2D eigenvalue weighted by molar-refractivity contribution is -0.139. The number of piperazine rings is 1. The van der Waals surface area contributed by atoms with Gasteiger partial charge in [-0.05, 0) is 51.2 Å². The van der Waals surface area contributed by atoms with Gasteiger partial charge in [-0.3, -0.25) is 9.69 Å². The zero-order valence-corrected chi connectivity index (χ0v) is 20.7. The molecule has 0 aliphatic carbocycles. The predicted molar refractivity (Wildman–Crippen MR) is 116 cm³/mol. The molecule has 6 nitrogen and oxygen atoms in total. The molecule has 1 saturated heterocycles. The van der Waals surface area contributed by atoms with Crippen LogP contribution in [-0.4, -0.2) is 68.0 Å². The van der Waals surface area contributed by atoms with E-state index in [1.807, 2.05) is 25.7 Å². The minimum Gasteiger partial charge on any atom is -0.444 e. The summed E-state index contributed by atoms with van der Waals surface area (Å²) in [5, 5.41) is 0.134. The van der Waals surface area contributed by atoms with Crippen LogP contribution in [0.2, 0.25) is 18.1 Å². The van der Waals surface area contributed by atoms with Crippen LogP contribution < -0.4 is 0 Å². The van der Waals surface area contributed by atoms with Gasteiger partial charge in [0, 0.05) is 13.1 Å². The van der Waals surface area contributed by atoms with Gasteiger partial charge in [-0.2, -0.15) is 0 Å². The summed E-state index contributed by atoms with van der Waals surface area (Å²) in [5.74, 6) is 0.436. The third-order valence-corrected chi connectivity index (χ3v) is 10.0. The Morgan fingerprint density at radius 2 is 1.68 bits per heavy atom. The SMILES string of the molecule is CC(C)C[C@@H](CO[Si](C)(C)C(C)(C)C)N1CCN(C(=O)OC(C)(C)C)CC1=O. The third kappa shape index (κ3) is 7.39. The molecule has 1 heterocycles. The summed E-state index contributed by atoms with van der Waals surface area (Å²) in [4.78, 5) is 28.6. The lowest BCUT2D eigenvalue weighted by Gasteiger charge is -2.42. The van der Waals surface area contributed by atoms with Gasteiger partial charge in [0.25, 0.3) is 0 Å². The number of amides is 2. The molecule has 28 heavy (non-hydrogen) atoms. The lowest BCUT2D eigenvalue weighted by Crippen LogP contribution is -2.58. The van der Waals surface area contributed by atoms with Crippen molar-refractivity contribution in [1.82, 2.24) is 9.80 Å². The van der Waals surface area contributed by atoms with Gasteiger partial charge in [0.1, 0.15) is 12.1 Å². The molecule has 1 aliphatic rings. The highest BCUT2D eigenvalue weighted by Gasteiger charge is 2.39. The Balaban J connectivity index is 2.80. The molecule has 164 valence electrons. The molecule has 0 spiro atoms. The number of ether oxygens (including phenoxy) is 1. The summed E-state index contributed by atoms with van der Waals surface area (Å²) < 4.78 is 11.9. The van der Waals surface area contributed by atoms with Crippen molar-refractivity contribution in [1.29, 1.82) is 0 Å². The first-order chi connectivity index (χ1) is 12.5. The normalized spacial score (nSPS) is 17.9. The quantitative estimate of drug-likeness (QED) is 0.600. The maximum atomic E-state index is 12.9. The average molecular weight is 415 g/mol. The van der Waals surface area contributed by atoms with Gasteiger partial charge in [-0.15, -0.1) is 0 Å². The van der Waals surface area contributed by atoms with E-state index in [0.717, 1.165) is 6.42 Å². The Bertz CT molecular complexity index is 550. The Morgan fingerprint density at radius 1 is 1.11 bits per heavy atom. The molecule has 1 atom stereocenters. The Labute approximate surface area is 173 Å². The molecule has 1 fully saturated rings. The topological polar surface area (TPSA) is 59.1 Å². The first kappa shape index (κ1) is 25.0. The fourth-order valence-electron chi connectivity index (χ4n) is 2.91. The largest absolute Gasteiger partial charge is 0.444 e. The standard InChI is InChI=1S/C21H42N2O4Si/c1-16(2)13-17(15-26-28(9,10)21(6,7)8)23-12-11-22(14-18(23)24)19(25)27-20(3,4)5/h16-17H,11-15H2,1-10H3/t17-/m0/s1. The predicted octanol–water partition coefficient (Wildman–Crippen LogP) is 4.50. The second-order valence-electron chi connectivity index (χ2n) is 10.8. The van der Waals surface area contributed by atoms with Crippen molar-refractivity contribution in [2.45, 2.75) is 91.6 Å². The maximum Gasteiger partial charge on any atom is 0.410 e. The van der Waals surface area contributed by atoms with Crippen LogP contribution in [0, 0.1) is 5.92 Å². The van der Waals surface area contributed by atoms with Crippen molar-refractivity contribution in [3.05, 3.63) is 0 Å². The van der Waals surface area contributed by atoms with E-state index in [-0.39, 0.29) is 23.5 Å².